The zero-order chi connectivity index (χ0) is 14.8. The second-order valence-electron chi connectivity index (χ2n) is 5.04. The summed E-state index contributed by atoms with van der Waals surface area (Å²) in [6.07, 6.45) is 1.81. The van der Waals surface area contributed by atoms with Gasteiger partial charge in [0.05, 0.1) is 18.3 Å². The maximum Gasteiger partial charge on any atom is 0.310 e. The summed E-state index contributed by atoms with van der Waals surface area (Å²) in [4.78, 5) is 11.7. The van der Waals surface area contributed by atoms with E-state index in [0.29, 0.717) is 12.8 Å². The quantitative estimate of drug-likeness (QED) is 0.844. The second-order valence-corrected chi connectivity index (χ2v) is 7.75. The minimum absolute atomic E-state index is 0.287. The van der Waals surface area contributed by atoms with Gasteiger partial charge in [-0.3, -0.25) is 4.79 Å². The van der Waals surface area contributed by atoms with Crippen molar-refractivity contribution >= 4 is 27.3 Å². The molecule has 5 nitrogen and oxygen atoms in total. The van der Waals surface area contributed by atoms with Crippen molar-refractivity contribution in [3.8, 4) is 0 Å². The minimum atomic E-state index is -3.54. The van der Waals surface area contributed by atoms with Gasteiger partial charge in [0, 0.05) is 6.04 Å². The molecule has 1 aliphatic rings. The molecule has 0 amide bonds. The number of sulfonamides is 1. The average Bonchev–Trinajstić information content (AvgIpc) is 3.08. The molecule has 3 atom stereocenters. The molecule has 1 aromatic heterocycles. The lowest BCUT2D eigenvalue weighted by Crippen LogP contribution is -2.40. The first-order valence-corrected chi connectivity index (χ1v) is 9.05. The summed E-state index contributed by atoms with van der Waals surface area (Å²) in [5.41, 5.74) is 0.936. The van der Waals surface area contributed by atoms with Crippen LogP contribution in [0.5, 0.6) is 0 Å². The number of methoxy groups -OCH3 is 1. The molecule has 2 rings (SSSR count). The number of carbonyl (C=O) groups excluding carboxylic acids is 1. The van der Waals surface area contributed by atoms with E-state index in [1.54, 1.807) is 0 Å². The highest BCUT2D eigenvalue weighted by molar-refractivity contribution is 7.90. The number of thiophene rings is 1. The van der Waals surface area contributed by atoms with Crippen LogP contribution in [0.3, 0.4) is 0 Å². The predicted octanol–water partition coefficient (Wildman–Crippen LogP) is 2.07. The lowest BCUT2D eigenvalue weighted by atomic mass is 10.1. The molecule has 7 heteroatoms. The largest absolute Gasteiger partial charge is 0.469 e. The van der Waals surface area contributed by atoms with Crippen molar-refractivity contribution in [1.82, 2.24) is 4.72 Å². The third kappa shape index (κ3) is 3.21. The Balaban J connectivity index is 2.11. The van der Waals surface area contributed by atoms with Crippen LogP contribution in [0.15, 0.2) is 16.8 Å². The lowest BCUT2D eigenvalue weighted by molar-refractivity contribution is -0.145. The smallest absolute Gasteiger partial charge is 0.310 e. The normalized spacial score (nSPS) is 24.5. The third-order valence-electron chi connectivity index (χ3n) is 3.74. The van der Waals surface area contributed by atoms with Crippen LogP contribution in [0.25, 0.3) is 0 Å². The van der Waals surface area contributed by atoms with Crippen molar-refractivity contribution in [2.75, 3.05) is 7.11 Å². The SMILES string of the molecule is COC(=O)C1CCCC1S(=O)(=O)NC(C)c1ccsc1. The summed E-state index contributed by atoms with van der Waals surface area (Å²) in [6, 6.07) is 1.61. The number of rotatable bonds is 5. The van der Waals surface area contributed by atoms with Crippen LogP contribution in [0.4, 0.5) is 0 Å². The molecule has 1 saturated carbocycles. The van der Waals surface area contributed by atoms with Gasteiger partial charge in [-0.25, -0.2) is 13.1 Å². The van der Waals surface area contributed by atoms with Gasteiger partial charge < -0.3 is 4.74 Å². The summed E-state index contributed by atoms with van der Waals surface area (Å²) >= 11 is 1.53. The van der Waals surface area contributed by atoms with Gasteiger partial charge in [0.25, 0.3) is 0 Å². The fourth-order valence-corrected chi connectivity index (χ4v) is 5.36. The first kappa shape index (κ1) is 15.5. The highest BCUT2D eigenvalue weighted by Crippen LogP contribution is 2.32. The van der Waals surface area contributed by atoms with Crippen molar-refractivity contribution in [2.45, 2.75) is 37.5 Å². The topological polar surface area (TPSA) is 72.5 Å². The number of hydrogen-bond acceptors (Lipinski definition) is 5. The first-order chi connectivity index (χ1) is 9.45. The second kappa shape index (κ2) is 6.24. The van der Waals surface area contributed by atoms with E-state index in [4.69, 9.17) is 4.74 Å². The van der Waals surface area contributed by atoms with E-state index in [1.165, 1.54) is 18.4 Å². The van der Waals surface area contributed by atoms with Crippen LogP contribution in [-0.4, -0.2) is 26.7 Å². The number of hydrogen-bond donors (Lipinski definition) is 1. The Labute approximate surface area is 123 Å². The molecule has 0 bridgehead atoms. The van der Waals surface area contributed by atoms with Crippen LogP contribution in [-0.2, 0) is 19.6 Å². The molecule has 0 aromatic carbocycles. The van der Waals surface area contributed by atoms with E-state index in [0.717, 1.165) is 12.0 Å². The van der Waals surface area contributed by atoms with E-state index < -0.39 is 27.2 Å². The molecule has 1 fully saturated rings. The Morgan fingerprint density at radius 3 is 2.85 bits per heavy atom. The maximum absolute atomic E-state index is 12.5. The highest BCUT2D eigenvalue weighted by Gasteiger charge is 2.42. The summed E-state index contributed by atoms with van der Waals surface area (Å²) in [5, 5.41) is 3.14. The molecule has 1 N–H and O–H groups in total. The standard InChI is InChI=1S/C13H19NO4S2/c1-9(10-6-7-19-8-10)14-20(16,17)12-5-3-4-11(12)13(15)18-2/h6-9,11-12,14H,3-5H2,1-2H3. The van der Waals surface area contributed by atoms with Crippen LogP contribution in [0, 0.1) is 5.92 Å². The van der Waals surface area contributed by atoms with Crippen molar-refractivity contribution in [2.24, 2.45) is 5.92 Å². The molecule has 0 saturated heterocycles. The molecule has 1 aromatic rings. The fraction of sp³-hybridized carbons (Fsp3) is 0.615. The third-order valence-corrected chi connectivity index (χ3v) is 6.48. The molecule has 3 unspecified atom stereocenters. The Bertz CT molecular complexity index is 553. The van der Waals surface area contributed by atoms with Crippen LogP contribution in [0.1, 0.15) is 37.8 Å². The van der Waals surface area contributed by atoms with Crippen molar-refractivity contribution in [3.63, 3.8) is 0 Å². The molecule has 112 valence electrons. The summed E-state index contributed by atoms with van der Waals surface area (Å²) < 4.78 is 32.3. The molecular formula is C13H19NO4S2. The van der Waals surface area contributed by atoms with Gasteiger partial charge in [-0.05, 0) is 42.2 Å². The van der Waals surface area contributed by atoms with E-state index in [9.17, 15) is 13.2 Å². The molecule has 20 heavy (non-hydrogen) atoms. The Morgan fingerprint density at radius 1 is 1.50 bits per heavy atom. The van der Waals surface area contributed by atoms with E-state index >= 15 is 0 Å². The van der Waals surface area contributed by atoms with Crippen LogP contribution in [0.2, 0.25) is 0 Å². The molecule has 0 radical (unpaired) electrons. The van der Waals surface area contributed by atoms with Gasteiger partial charge >= 0.3 is 5.97 Å². The molecule has 1 heterocycles. The lowest BCUT2D eigenvalue weighted by Gasteiger charge is -2.21. The average molecular weight is 317 g/mol. The molecule has 1 aliphatic carbocycles. The van der Waals surface area contributed by atoms with Crippen molar-refractivity contribution < 1.29 is 17.9 Å². The van der Waals surface area contributed by atoms with Crippen molar-refractivity contribution in [1.29, 1.82) is 0 Å². The number of ether oxygens (including phenoxy) is 1. The summed E-state index contributed by atoms with van der Waals surface area (Å²) in [7, 11) is -2.24. The molecule has 0 aliphatic heterocycles. The van der Waals surface area contributed by atoms with Gasteiger partial charge in [-0.15, -0.1) is 0 Å². The zero-order valence-electron chi connectivity index (χ0n) is 11.5. The van der Waals surface area contributed by atoms with Gasteiger partial charge in [-0.1, -0.05) is 6.42 Å². The Hall–Kier alpha value is -0.920. The van der Waals surface area contributed by atoms with Crippen LogP contribution >= 0.6 is 11.3 Å². The summed E-state index contributed by atoms with van der Waals surface area (Å²) in [5.74, 6) is -0.978. The fourth-order valence-electron chi connectivity index (χ4n) is 2.64. The highest BCUT2D eigenvalue weighted by atomic mass is 32.2. The Kier molecular flexibility index (Phi) is 4.82. The monoisotopic (exact) mass is 317 g/mol. The van der Waals surface area contributed by atoms with E-state index in [-0.39, 0.29) is 6.04 Å². The minimum Gasteiger partial charge on any atom is -0.469 e. The van der Waals surface area contributed by atoms with Crippen molar-refractivity contribution in [3.05, 3.63) is 22.4 Å². The zero-order valence-corrected chi connectivity index (χ0v) is 13.2. The van der Waals surface area contributed by atoms with Gasteiger partial charge in [0.1, 0.15) is 0 Å². The number of esters is 1. The van der Waals surface area contributed by atoms with Gasteiger partial charge in [0.2, 0.25) is 10.0 Å². The number of carbonyl (C=O) groups is 1. The predicted molar refractivity (Wildman–Crippen MR) is 77.9 cm³/mol. The Morgan fingerprint density at radius 2 is 2.25 bits per heavy atom. The number of nitrogens with one attached hydrogen (secondary N) is 1. The first-order valence-electron chi connectivity index (χ1n) is 6.56. The van der Waals surface area contributed by atoms with Crippen LogP contribution < -0.4 is 4.72 Å². The van der Waals surface area contributed by atoms with E-state index in [1.807, 2.05) is 23.8 Å². The van der Waals surface area contributed by atoms with Gasteiger partial charge in [0.15, 0.2) is 0 Å². The summed E-state index contributed by atoms with van der Waals surface area (Å²) in [6.45, 7) is 1.81. The van der Waals surface area contributed by atoms with Gasteiger partial charge in [-0.2, -0.15) is 11.3 Å². The molecule has 0 spiro atoms. The molecular weight excluding hydrogens is 298 g/mol. The maximum atomic E-state index is 12.5. The van der Waals surface area contributed by atoms with E-state index in [2.05, 4.69) is 4.72 Å².